The number of benzene rings is 5. The van der Waals surface area contributed by atoms with Crippen LogP contribution in [0, 0.1) is 69.5 Å². The topological polar surface area (TPSA) is 179 Å². The average molecular weight is 1630 g/mol. The number of nitrogens with zero attached hydrogens (tertiary/aromatic N) is 9. The minimum absolute atomic E-state index is 0. The Kier molecular flexibility index (Phi) is 33.7. The number of hydrogen-bond donors (Lipinski definition) is 0. The molecule has 1 amide bonds. The molecular weight excluding hydrogens is 1500 g/mol. The molecule has 3 aromatic heterocycles. The molecule has 20 nitrogen and oxygen atoms in total. The highest BCUT2D eigenvalue weighted by atomic mass is 35.5. The SMILES string of the molecule is COCC#CC1(COc2ccc3c(CCC4CCN(C(=O)OC(C)(C)C)CC4)noc3c2CN(C)C)CC1.COCC#CC1(COc2ccc3c(CCC4CCN(Cc5ccccc5)CC4)noc3c2CN(C)C)CC1.COCC#CC1(COc2ccc3c(CCC4CCN(Cc5ccccc5)CC4)noc3c2CN(C)C)CC1.Cl.Cl. The highest BCUT2D eigenvalue weighted by Crippen LogP contribution is 2.49. The van der Waals surface area contributed by atoms with Gasteiger partial charge in [-0.1, -0.05) is 112 Å². The van der Waals surface area contributed by atoms with Crippen LogP contribution in [0.1, 0.15) is 162 Å². The summed E-state index contributed by atoms with van der Waals surface area (Å²) in [6.45, 7) is 19.3. The summed E-state index contributed by atoms with van der Waals surface area (Å²) >= 11 is 0. The fourth-order valence-electron chi connectivity index (χ4n) is 15.8. The number of aromatic nitrogens is 3. The van der Waals surface area contributed by atoms with E-state index < -0.39 is 5.60 Å². The quantitative estimate of drug-likeness (QED) is 0.0374. The molecule has 0 spiro atoms. The zero-order valence-electron chi connectivity index (χ0n) is 71.1. The van der Waals surface area contributed by atoms with E-state index in [0.29, 0.717) is 52.1 Å². The molecule has 3 saturated carbocycles. The number of methoxy groups -OCH3 is 3. The Bertz CT molecular complexity index is 4380. The standard InChI is InChI=1S/2C32H41N3O3.C30H43N3O5.2ClH/c2*1-34(2)23-28-30(37-24-32(17-18-32)16-7-21-36-3)13-11-27-29(33-38-31(27)28)12-10-25-14-19-35(20-15-25)22-26-8-5-4-6-9-26;1-29(2,3)37-28(34)33-17-12-22(13-18-33)8-10-25-23-9-11-26(24(20-32(4)5)27(23)38-31-25)36-21-30(15-16-30)14-7-19-35-6;;/h2*4-6,8-9,11,13,25H,10,12,14-15,17-24H2,1-3H3;9,11,22H,8,10,12-13,15-21H2,1-6H3;2*1H. The number of rotatable bonds is 31. The lowest BCUT2D eigenvalue weighted by Gasteiger charge is -2.33. The number of halogens is 2. The van der Waals surface area contributed by atoms with Crippen LogP contribution in [0.3, 0.4) is 0 Å². The predicted octanol–water partition coefficient (Wildman–Crippen LogP) is 17.2. The highest BCUT2D eigenvalue weighted by Gasteiger charge is 2.44. The zero-order chi connectivity index (χ0) is 80.1. The van der Waals surface area contributed by atoms with Crippen molar-refractivity contribution in [2.24, 2.45) is 34.0 Å². The Morgan fingerprint density at radius 1 is 0.448 bits per heavy atom. The molecule has 6 heterocycles. The van der Waals surface area contributed by atoms with E-state index in [-0.39, 0.29) is 47.2 Å². The second-order valence-electron chi connectivity index (χ2n) is 34.7. The van der Waals surface area contributed by atoms with Crippen molar-refractivity contribution in [3.8, 4) is 52.8 Å². The van der Waals surface area contributed by atoms with Gasteiger partial charge in [-0.25, -0.2) is 4.79 Å². The van der Waals surface area contributed by atoms with Gasteiger partial charge in [0.1, 0.15) is 62.5 Å². The van der Waals surface area contributed by atoms with Crippen LogP contribution in [0.2, 0.25) is 0 Å². The van der Waals surface area contributed by atoms with Gasteiger partial charge < -0.3 is 66.3 Å². The molecule has 0 atom stereocenters. The monoisotopic (exact) mass is 1630 g/mol. The molecule has 14 rings (SSSR count). The molecule has 0 N–H and O–H groups in total. The van der Waals surface area contributed by atoms with Gasteiger partial charge in [0.25, 0.3) is 0 Å². The zero-order valence-corrected chi connectivity index (χ0v) is 72.7. The Hall–Kier alpha value is -7.88. The van der Waals surface area contributed by atoms with Gasteiger partial charge in [-0.15, -0.1) is 24.8 Å². The van der Waals surface area contributed by atoms with Gasteiger partial charge in [0, 0.05) is 83.3 Å². The van der Waals surface area contributed by atoms with Crippen molar-refractivity contribution >= 4 is 63.8 Å². The van der Waals surface area contributed by atoms with Gasteiger partial charge >= 0.3 is 6.09 Å². The van der Waals surface area contributed by atoms with Crippen molar-refractivity contribution in [3.05, 3.63) is 142 Å². The van der Waals surface area contributed by atoms with Gasteiger partial charge in [-0.2, -0.15) is 0 Å². The lowest BCUT2D eigenvalue weighted by Crippen LogP contribution is -2.41. The van der Waals surface area contributed by atoms with Crippen LogP contribution in [-0.4, -0.2) is 199 Å². The molecule has 0 bridgehead atoms. The fourth-order valence-corrected chi connectivity index (χ4v) is 15.8. The molecule has 8 aromatic rings. The Morgan fingerprint density at radius 2 is 0.750 bits per heavy atom. The summed E-state index contributed by atoms with van der Waals surface area (Å²) in [6.07, 6.45) is 19.3. The number of likely N-dealkylation sites (tertiary alicyclic amines) is 3. The van der Waals surface area contributed by atoms with E-state index in [2.05, 4.69) is 201 Å². The van der Waals surface area contributed by atoms with E-state index in [9.17, 15) is 4.79 Å². The van der Waals surface area contributed by atoms with Crippen molar-refractivity contribution in [2.75, 3.05) is 143 Å². The lowest BCUT2D eigenvalue weighted by atomic mass is 9.91. The van der Waals surface area contributed by atoms with Gasteiger partial charge in [0.2, 0.25) is 0 Å². The van der Waals surface area contributed by atoms with Crippen molar-refractivity contribution in [3.63, 3.8) is 0 Å². The van der Waals surface area contributed by atoms with Gasteiger partial charge in [0.15, 0.2) is 16.7 Å². The first-order chi connectivity index (χ1) is 55.2. The van der Waals surface area contributed by atoms with Crippen LogP contribution >= 0.6 is 24.8 Å². The smallest absolute Gasteiger partial charge is 0.410 e. The third-order valence-electron chi connectivity index (χ3n) is 23.1. The van der Waals surface area contributed by atoms with E-state index in [4.69, 9.17) is 46.7 Å². The Morgan fingerprint density at radius 3 is 1.03 bits per heavy atom. The van der Waals surface area contributed by atoms with E-state index >= 15 is 0 Å². The Labute approximate surface area is 702 Å². The number of fused-ring (bicyclic) bond motifs is 3. The van der Waals surface area contributed by atoms with Crippen LogP contribution < -0.4 is 14.2 Å². The maximum Gasteiger partial charge on any atom is 0.410 e. The molecule has 6 fully saturated rings. The van der Waals surface area contributed by atoms with Gasteiger partial charge in [0.05, 0.1) is 50.0 Å². The van der Waals surface area contributed by atoms with E-state index in [1.54, 1.807) is 21.3 Å². The van der Waals surface area contributed by atoms with E-state index in [1.165, 1.54) is 63.0 Å². The van der Waals surface area contributed by atoms with Crippen LogP contribution in [-0.2, 0) is 70.9 Å². The largest absolute Gasteiger partial charge is 0.492 e. The first kappa shape index (κ1) is 90.4. The first-order valence-electron chi connectivity index (χ1n) is 41.7. The molecule has 3 aliphatic heterocycles. The fraction of sp³-hybridized carbons (Fsp3) is 0.574. The first-order valence-corrected chi connectivity index (χ1v) is 41.7. The molecule has 6 aliphatic rings. The van der Waals surface area contributed by atoms with E-state index in [0.717, 1.165) is 225 Å². The number of carbonyl (C=O) groups is 1. The molecule has 5 aromatic carbocycles. The summed E-state index contributed by atoms with van der Waals surface area (Å²) in [6, 6.07) is 34.2. The van der Waals surface area contributed by atoms with Crippen LogP contribution in [0.25, 0.3) is 32.9 Å². The molecule has 116 heavy (non-hydrogen) atoms. The van der Waals surface area contributed by atoms with Crippen molar-refractivity contribution < 1.29 is 51.5 Å². The molecule has 0 unspecified atom stereocenters. The molecule has 3 aliphatic carbocycles. The molecular formula is C94H127Cl2N9O11. The summed E-state index contributed by atoms with van der Waals surface area (Å²) in [7, 11) is 17.4. The summed E-state index contributed by atoms with van der Waals surface area (Å²) in [5.41, 5.74) is 11.0. The number of piperidine rings is 3. The van der Waals surface area contributed by atoms with E-state index in [1.807, 2.05) is 39.8 Å². The van der Waals surface area contributed by atoms with Crippen molar-refractivity contribution in [2.45, 2.75) is 175 Å². The molecule has 22 heteroatoms. The molecule has 628 valence electrons. The lowest BCUT2D eigenvalue weighted by molar-refractivity contribution is 0.0181. The second-order valence-corrected chi connectivity index (χ2v) is 34.7. The summed E-state index contributed by atoms with van der Waals surface area (Å²) in [5, 5.41) is 16.8. The Balaban J connectivity index is 0.000000182. The van der Waals surface area contributed by atoms with Gasteiger partial charge in [-0.3, -0.25) is 9.80 Å². The number of carbonyl (C=O) groups excluding carboxylic acids is 1. The third-order valence-corrected chi connectivity index (χ3v) is 23.1. The summed E-state index contributed by atoms with van der Waals surface area (Å²) in [5.74, 6) is 24.0. The average Bonchev–Trinajstić information content (AvgIpc) is 1.64. The predicted molar refractivity (Wildman–Crippen MR) is 464 cm³/mol. The highest BCUT2D eigenvalue weighted by molar-refractivity contribution is 5.87. The minimum Gasteiger partial charge on any atom is -0.492 e. The molecule has 0 radical (unpaired) electrons. The number of aryl methyl sites for hydroxylation is 3. The van der Waals surface area contributed by atoms with Crippen LogP contribution in [0.15, 0.2) is 111 Å². The second kappa shape index (κ2) is 43.2. The number of amides is 1. The minimum atomic E-state index is -0.463. The molecule has 3 saturated heterocycles. The summed E-state index contributed by atoms with van der Waals surface area (Å²) < 4.78 is 57.7. The van der Waals surface area contributed by atoms with Crippen LogP contribution in [0.4, 0.5) is 4.79 Å². The number of hydrogen-bond acceptors (Lipinski definition) is 19. The normalized spacial score (nSPS) is 17.1. The van der Waals surface area contributed by atoms with Gasteiger partial charge in [-0.05, 0) is 270 Å². The maximum absolute atomic E-state index is 12.4. The van der Waals surface area contributed by atoms with Crippen molar-refractivity contribution in [1.82, 2.24) is 44.9 Å². The van der Waals surface area contributed by atoms with Crippen molar-refractivity contribution in [1.29, 1.82) is 0 Å². The van der Waals surface area contributed by atoms with Crippen LogP contribution in [0.5, 0.6) is 17.2 Å². The summed E-state index contributed by atoms with van der Waals surface area (Å²) in [4.78, 5) is 25.8. The number of ether oxygens (including phenoxy) is 7. The maximum atomic E-state index is 12.4. The third kappa shape index (κ3) is 26.3.